The quantitative estimate of drug-likeness (QED) is 0.0388. The average Bonchev–Trinajstić information content (AvgIpc) is 3.22. The van der Waals surface area contributed by atoms with Gasteiger partial charge in [-0.25, -0.2) is 4.79 Å². The summed E-state index contributed by atoms with van der Waals surface area (Å²) in [7, 11) is -15.1. The van der Waals surface area contributed by atoms with Crippen molar-refractivity contribution in [3.8, 4) is 39.9 Å². The number of aromatic hydroxyl groups is 4. The number of phenolic OH excluding ortho intramolecular Hbond substituents is 4. The number of ether oxygens (including phenoxy) is 1. The SMILES string of the molecule is O=C(O)COc1ccc(Nc2ccc3c(O)c(N=Nc4ccc(-c5ccc(N=Nc6c(S(=O)(=O)O)cc7cccc(S(=O)(=O)O)c7c6O)c(O)c5)cc4O)c(S(=O)(=O)O)cc3c2)cc1. The Morgan fingerprint density at radius 3 is 1.58 bits per heavy atom. The van der Waals surface area contributed by atoms with Gasteiger partial charge >= 0.3 is 5.97 Å². The predicted octanol–water partition coefficient (Wildman–Crippen LogP) is 8.26. The minimum absolute atomic E-state index is 0.117. The molecule has 0 saturated heterocycles. The zero-order chi connectivity index (χ0) is 46.3. The molecular weight excluding hydrogens is 903 g/mol. The molecule has 24 heteroatoms. The second kappa shape index (κ2) is 16.9. The highest BCUT2D eigenvalue weighted by Crippen LogP contribution is 2.46. The standard InChI is InChI=1S/C40H29N5O16S3/c46-30-15-20(21-5-13-29(31(47)16-21)43-45-38-33(63(55,56)57)17-22-2-1-3-32(62(52,53)54)36(22)40(38)51)4-12-28(30)42-44-37-34(64(58,59)60)18-23-14-25(8-11-27(23)39(37)50)41-24-6-9-26(10-7-24)61-19-35(48)49/h1-18,41,46-47,50-51H,19H2,(H,48,49)(H,52,53,54)(H,55,56,57)(H,58,59,60). The van der Waals surface area contributed by atoms with Crippen molar-refractivity contribution in [3.05, 3.63) is 109 Å². The monoisotopic (exact) mass is 931 g/mol. The highest BCUT2D eigenvalue weighted by Gasteiger charge is 2.27. The predicted molar refractivity (Wildman–Crippen MR) is 227 cm³/mol. The molecule has 21 nitrogen and oxygen atoms in total. The molecule has 0 aliphatic rings. The smallest absolute Gasteiger partial charge is 0.341 e. The summed E-state index contributed by atoms with van der Waals surface area (Å²) in [4.78, 5) is 8.17. The first-order valence-corrected chi connectivity index (χ1v) is 22.1. The second-order valence-corrected chi connectivity index (χ2v) is 17.7. The molecule has 0 fully saturated rings. The molecule has 0 aromatic heterocycles. The molecule has 0 aliphatic carbocycles. The molecule has 7 rings (SSSR count). The molecule has 0 unspecified atom stereocenters. The molecule has 7 aromatic carbocycles. The van der Waals surface area contributed by atoms with Crippen molar-refractivity contribution < 1.29 is 74.0 Å². The van der Waals surface area contributed by atoms with Crippen molar-refractivity contribution >= 4 is 92.0 Å². The molecular formula is C40H29N5O16S3. The third-order valence-electron chi connectivity index (χ3n) is 9.23. The number of hydrogen-bond donors (Lipinski definition) is 9. The Morgan fingerprint density at radius 2 is 1.06 bits per heavy atom. The van der Waals surface area contributed by atoms with Crippen LogP contribution >= 0.6 is 0 Å². The van der Waals surface area contributed by atoms with E-state index in [9.17, 15) is 64.1 Å². The van der Waals surface area contributed by atoms with Crippen LogP contribution in [-0.4, -0.2) is 77.0 Å². The molecule has 0 aliphatic heterocycles. The maximum absolute atomic E-state index is 12.5. The minimum Gasteiger partial charge on any atom is -0.506 e. The summed E-state index contributed by atoms with van der Waals surface area (Å²) in [5.74, 6) is -3.66. The van der Waals surface area contributed by atoms with Crippen LogP contribution in [0.4, 0.5) is 34.1 Å². The Hall–Kier alpha value is -7.74. The molecule has 0 saturated carbocycles. The Bertz CT molecular complexity index is 3470. The van der Waals surface area contributed by atoms with Gasteiger partial charge in [-0.15, -0.1) is 20.5 Å². The van der Waals surface area contributed by atoms with Crippen molar-refractivity contribution in [2.24, 2.45) is 20.5 Å². The highest BCUT2D eigenvalue weighted by molar-refractivity contribution is 7.86. The molecule has 0 spiro atoms. The van der Waals surface area contributed by atoms with Gasteiger partial charge < -0.3 is 35.6 Å². The van der Waals surface area contributed by atoms with Crippen molar-refractivity contribution in [2.45, 2.75) is 14.7 Å². The first kappa shape index (κ1) is 44.3. The van der Waals surface area contributed by atoms with E-state index in [1.54, 1.807) is 18.2 Å². The molecule has 7 aromatic rings. The summed E-state index contributed by atoms with van der Waals surface area (Å²) in [5.41, 5.74) is -0.575. The molecule has 0 radical (unpaired) electrons. The van der Waals surface area contributed by atoms with Crippen molar-refractivity contribution in [1.29, 1.82) is 0 Å². The van der Waals surface area contributed by atoms with Gasteiger partial charge in [-0.2, -0.15) is 25.3 Å². The molecule has 0 atom stereocenters. The van der Waals surface area contributed by atoms with Crippen molar-refractivity contribution in [3.63, 3.8) is 0 Å². The molecule has 0 bridgehead atoms. The van der Waals surface area contributed by atoms with Crippen LogP contribution in [-0.2, 0) is 35.1 Å². The number of azo groups is 2. The maximum atomic E-state index is 12.5. The van der Waals surface area contributed by atoms with Gasteiger partial charge in [0.05, 0.1) is 0 Å². The van der Waals surface area contributed by atoms with E-state index in [2.05, 4.69) is 25.8 Å². The third-order valence-corrected chi connectivity index (χ3v) is 11.9. The lowest BCUT2D eigenvalue weighted by molar-refractivity contribution is -0.139. The summed E-state index contributed by atoms with van der Waals surface area (Å²) < 4.78 is 108. The Morgan fingerprint density at radius 1 is 0.547 bits per heavy atom. The number of aliphatic carboxylic acids is 1. The Balaban J connectivity index is 1.14. The van der Waals surface area contributed by atoms with Gasteiger partial charge in [0.2, 0.25) is 0 Å². The molecule has 0 heterocycles. The van der Waals surface area contributed by atoms with Crippen LogP contribution < -0.4 is 10.1 Å². The average molecular weight is 932 g/mol. The zero-order valence-corrected chi connectivity index (χ0v) is 34.4. The van der Waals surface area contributed by atoms with Gasteiger partial charge in [-0.3, -0.25) is 13.7 Å². The summed E-state index contributed by atoms with van der Waals surface area (Å²) >= 11 is 0. The lowest BCUT2D eigenvalue weighted by Crippen LogP contribution is -2.09. The largest absolute Gasteiger partial charge is 0.506 e. The minimum atomic E-state index is -5.11. The maximum Gasteiger partial charge on any atom is 0.341 e. The van der Waals surface area contributed by atoms with Crippen LogP contribution in [0, 0.1) is 0 Å². The van der Waals surface area contributed by atoms with E-state index >= 15 is 0 Å². The van der Waals surface area contributed by atoms with Crippen LogP contribution in [0.2, 0.25) is 0 Å². The van der Waals surface area contributed by atoms with E-state index in [-0.39, 0.29) is 38.7 Å². The molecule has 64 heavy (non-hydrogen) atoms. The van der Waals surface area contributed by atoms with Crippen LogP contribution in [0.5, 0.6) is 28.7 Å². The van der Waals surface area contributed by atoms with Crippen LogP contribution in [0.15, 0.2) is 144 Å². The number of rotatable bonds is 13. The van der Waals surface area contributed by atoms with E-state index < -0.39 is 97.4 Å². The van der Waals surface area contributed by atoms with E-state index in [1.807, 2.05) is 0 Å². The van der Waals surface area contributed by atoms with Gasteiger partial charge in [0.15, 0.2) is 18.1 Å². The zero-order valence-electron chi connectivity index (χ0n) is 32.0. The fourth-order valence-electron chi connectivity index (χ4n) is 6.33. The van der Waals surface area contributed by atoms with E-state index in [0.29, 0.717) is 17.1 Å². The van der Waals surface area contributed by atoms with Gasteiger partial charge in [-0.1, -0.05) is 24.3 Å². The second-order valence-electron chi connectivity index (χ2n) is 13.5. The highest BCUT2D eigenvalue weighted by atomic mass is 32.2. The van der Waals surface area contributed by atoms with Gasteiger partial charge in [-0.05, 0) is 107 Å². The van der Waals surface area contributed by atoms with Gasteiger partial charge in [0, 0.05) is 22.1 Å². The third kappa shape index (κ3) is 9.36. The summed E-state index contributed by atoms with van der Waals surface area (Å²) in [6.45, 7) is -0.527. The number of benzene rings is 7. The Labute approximate surface area is 360 Å². The number of hydrogen-bond acceptors (Lipinski definition) is 17. The number of nitrogens with one attached hydrogen (secondary N) is 1. The first-order chi connectivity index (χ1) is 30.1. The number of carbonyl (C=O) groups is 1. The number of phenols is 4. The molecule has 9 N–H and O–H groups in total. The summed E-state index contributed by atoms with van der Waals surface area (Å²) in [6.07, 6.45) is 0. The topological polar surface area (TPSA) is 352 Å². The number of carboxylic acid groups (broad SMARTS) is 1. The normalized spacial score (nSPS) is 12.4. The fourth-order valence-corrected chi connectivity index (χ4v) is 8.36. The fraction of sp³-hybridized carbons (Fsp3) is 0.0250. The van der Waals surface area contributed by atoms with Crippen LogP contribution in [0.25, 0.3) is 32.7 Å². The van der Waals surface area contributed by atoms with Crippen LogP contribution in [0.1, 0.15) is 0 Å². The number of anilines is 2. The molecule has 328 valence electrons. The van der Waals surface area contributed by atoms with Crippen molar-refractivity contribution in [1.82, 2.24) is 0 Å². The van der Waals surface area contributed by atoms with Gasteiger partial charge in [0.25, 0.3) is 30.4 Å². The first-order valence-electron chi connectivity index (χ1n) is 17.8. The number of fused-ring (bicyclic) bond motifs is 2. The van der Waals surface area contributed by atoms with Crippen molar-refractivity contribution in [2.75, 3.05) is 11.9 Å². The van der Waals surface area contributed by atoms with E-state index in [4.69, 9.17) is 9.84 Å². The van der Waals surface area contributed by atoms with E-state index in [1.165, 1.54) is 60.7 Å². The van der Waals surface area contributed by atoms with Crippen LogP contribution in [0.3, 0.4) is 0 Å². The Kier molecular flexibility index (Phi) is 11.7. The lowest BCUT2D eigenvalue weighted by atomic mass is 10.0. The number of carboxylic acids is 1. The van der Waals surface area contributed by atoms with E-state index in [0.717, 1.165) is 30.3 Å². The lowest BCUT2D eigenvalue weighted by Gasteiger charge is -2.12. The van der Waals surface area contributed by atoms with Gasteiger partial charge in [0.1, 0.15) is 54.7 Å². The summed E-state index contributed by atoms with van der Waals surface area (Å²) in [5, 5.41) is 70.3. The molecule has 0 amide bonds. The number of nitrogens with zero attached hydrogens (tertiary/aromatic N) is 4. The summed E-state index contributed by atoms with van der Waals surface area (Å²) in [6, 6.07) is 23.5.